The Bertz CT molecular complexity index is 1170. The van der Waals surface area contributed by atoms with Crippen LogP contribution in [0.2, 0.25) is 5.02 Å². The van der Waals surface area contributed by atoms with Crippen molar-refractivity contribution in [2.24, 2.45) is 5.41 Å². The largest absolute Gasteiger partial charge is 0.493 e. The van der Waals surface area contributed by atoms with Crippen LogP contribution in [0.4, 0.5) is 0 Å². The average Bonchev–Trinajstić information content (AvgIpc) is 2.85. The van der Waals surface area contributed by atoms with Crippen molar-refractivity contribution in [3.05, 3.63) is 88.4 Å². The molecule has 0 aliphatic heterocycles. The lowest BCUT2D eigenvalue weighted by Crippen LogP contribution is -2.26. The molecule has 5 nitrogen and oxygen atoms in total. The predicted octanol–water partition coefficient (Wildman–Crippen LogP) is 6.81. The van der Waals surface area contributed by atoms with Gasteiger partial charge >= 0.3 is 5.97 Å². The second-order valence-electron chi connectivity index (χ2n) is 9.61. The van der Waals surface area contributed by atoms with Gasteiger partial charge in [-0.15, -0.1) is 0 Å². The number of hydrogen-bond donors (Lipinski definition) is 2. The molecule has 0 spiro atoms. The van der Waals surface area contributed by atoms with E-state index in [-0.39, 0.29) is 5.91 Å². The Morgan fingerprint density at radius 1 is 0.944 bits per heavy atom. The molecule has 0 aliphatic rings. The molecular weight excluding hydrogens is 474 g/mol. The molecule has 0 fully saturated rings. The van der Waals surface area contributed by atoms with Gasteiger partial charge in [0.2, 0.25) is 0 Å². The fraction of sp³-hybridized carbons (Fsp3) is 0.333. The van der Waals surface area contributed by atoms with Crippen molar-refractivity contribution in [2.75, 3.05) is 13.2 Å². The molecule has 0 aliphatic carbocycles. The van der Waals surface area contributed by atoms with Crippen molar-refractivity contribution < 1.29 is 19.4 Å². The van der Waals surface area contributed by atoms with Gasteiger partial charge in [0.15, 0.2) is 0 Å². The number of carbonyl (C=O) groups is 2. The third-order valence-corrected chi connectivity index (χ3v) is 6.34. The lowest BCUT2D eigenvalue weighted by Gasteiger charge is -2.19. The van der Waals surface area contributed by atoms with Crippen LogP contribution >= 0.6 is 11.6 Å². The lowest BCUT2D eigenvalue weighted by atomic mass is 9.85. The van der Waals surface area contributed by atoms with Crippen LogP contribution in [0.15, 0.2) is 66.7 Å². The fourth-order valence-electron chi connectivity index (χ4n) is 3.81. The first-order valence-electron chi connectivity index (χ1n) is 12.3. The summed E-state index contributed by atoms with van der Waals surface area (Å²) >= 11 is 6.11. The highest BCUT2D eigenvalue weighted by atomic mass is 35.5. The second kappa shape index (κ2) is 12.6. The molecule has 0 bridgehead atoms. The first-order valence-corrected chi connectivity index (χ1v) is 12.7. The van der Waals surface area contributed by atoms with E-state index >= 15 is 0 Å². The van der Waals surface area contributed by atoms with E-state index in [4.69, 9.17) is 16.3 Å². The minimum Gasteiger partial charge on any atom is -0.493 e. The highest BCUT2D eigenvalue weighted by Gasteiger charge is 2.27. The zero-order chi connectivity index (χ0) is 26.1. The van der Waals surface area contributed by atoms with E-state index in [0.29, 0.717) is 42.3 Å². The van der Waals surface area contributed by atoms with Gasteiger partial charge in [-0.2, -0.15) is 0 Å². The van der Waals surface area contributed by atoms with Gasteiger partial charge in [0.1, 0.15) is 5.75 Å². The van der Waals surface area contributed by atoms with Crippen LogP contribution in [0.3, 0.4) is 0 Å². The minimum atomic E-state index is -0.799. The molecule has 3 aromatic rings. The van der Waals surface area contributed by atoms with E-state index in [1.807, 2.05) is 24.3 Å². The van der Waals surface area contributed by atoms with Gasteiger partial charge in [-0.3, -0.25) is 9.59 Å². The molecule has 3 rings (SSSR count). The summed E-state index contributed by atoms with van der Waals surface area (Å²) in [5.41, 5.74) is 3.92. The Kier molecular flexibility index (Phi) is 9.54. The van der Waals surface area contributed by atoms with Crippen LogP contribution in [0.1, 0.15) is 55.1 Å². The minimum absolute atomic E-state index is 0.202. The molecule has 3 aromatic carbocycles. The molecule has 0 atom stereocenters. The number of aliphatic carboxylic acids is 1. The molecular formula is C30H34ClNO4. The summed E-state index contributed by atoms with van der Waals surface area (Å²) in [6.07, 6.45) is 3.12. The van der Waals surface area contributed by atoms with Crippen LogP contribution in [0.25, 0.3) is 11.1 Å². The Morgan fingerprint density at radius 3 is 2.14 bits per heavy atom. The molecule has 190 valence electrons. The summed E-state index contributed by atoms with van der Waals surface area (Å²) in [6, 6.07) is 21.4. The number of carbonyl (C=O) groups excluding carboxylic acids is 1. The van der Waals surface area contributed by atoms with Crippen molar-refractivity contribution in [1.29, 1.82) is 0 Å². The van der Waals surface area contributed by atoms with E-state index in [9.17, 15) is 14.7 Å². The van der Waals surface area contributed by atoms with Crippen LogP contribution in [-0.4, -0.2) is 30.1 Å². The predicted molar refractivity (Wildman–Crippen MR) is 145 cm³/mol. The molecule has 0 heterocycles. The smallest absolute Gasteiger partial charge is 0.309 e. The van der Waals surface area contributed by atoms with E-state index < -0.39 is 11.4 Å². The number of hydrogen-bond acceptors (Lipinski definition) is 3. The Hall–Kier alpha value is -3.31. The maximum absolute atomic E-state index is 12.7. The Balaban J connectivity index is 1.55. The number of carboxylic acids is 1. The standard InChI is InChI=1S/C30H34ClNO4/c1-4-5-18-36-27-15-14-25(31)19-26(27)28(33)32-17-16-21-6-10-23(11-7-21)24-12-8-22(9-13-24)20-30(2,3)29(34)35/h6-15,19H,4-5,16-18,20H2,1-3H3,(H,32,33)(H,34,35). The van der Waals surface area contributed by atoms with E-state index in [1.165, 1.54) is 0 Å². The molecule has 0 saturated carbocycles. The van der Waals surface area contributed by atoms with Crippen LogP contribution in [-0.2, 0) is 17.6 Å². The zero-order valence-corrected chi connectivity index (χ0v) is 21.9. The van der Waals surface area contributed by atoms with Crippen molar-refractivity contribution in [2.45, 2.75) is 46.5 Å². The van der Waals surface area contributed by atoms with Gasteiger partial charge < -0.3 is 15.2 Å². The highest BCUT2D eigenvalue weighted by Crippen LogP contribution is 2.26. The van der Waals surface area contributed by atoms with Gasteiger partial charge in [0, 0.05) is 11.6 Å². The molecule has 0 unspecified atom stereocenters. The second-order valence-corrected chi connectivity index (χ2v) is 10.0. The molecule has 6 heteroatoms. The summed E-state index contributed by atoms with van der Waals surface area (Å²) < 4.78 is 5.77. The number of ether oxygens (including phenoxy) is 1. The number of amides is 1. The fourth-order valence-corrected chi connectivity index (χ4v) is 3.98. The molecule has 0 saturated heterocycles. The molecule has 0 aromatic heterocycles. The summed E-state index contributed by atoms with van der Waals surface area (Å²) in [7, 11) is 0. The lowest BCUT2D eigenvalue weighted by molar-refractivity contribution is -0.146. The molecule has 36 heavy (non-hydrogen) atoms. The zero-order valence-electron chi connectivity index (χ0n) is 21.1. The van der Waals surface area contributed by atoms with E-state index in [2.05, 4.69) is 36.5 Å². The summed E-state index contributed by atoms with van der Waals surface area (Å²) in [5, 5.41) is 12.8. The Morgan fingerprint density at radius 2 is 1.56 bits per heavy atom. The van der Waals surface area contributed by atoms with Gasteiger partial charge in [-0.05, 0) is 73.6 Å². The summed E-state index contributed by atoms with van der Waals surface area (Å²) in [4.78, 5) is 24.1. The molecule has 0 radical (unpaired) electrons. The molecule has 1 amide bonds. The molecule has 2 N–H and O–H groups in total. The third kappa shape index (κ3) is 7.59. The van der Waals surface area contributed by atoms with Gasteiger partial charge in [-0.25, -0.2) is 0 Å². The van der Waals surface area contributed by atoms with E-state index in [0.717, 1.165) is 35.1 Å². The average molecular weight is 508 g/mol. The first-order chi connectivity index (χ1) is 17.2. The number of halogens is 1. The van der Waals surface area contributed by atoms with Gasteiger partial charge in [-0.1, -0.05) is 73.5 Å². The van der Waals surface area contributed by atoms with Crippen LogP contribution < -0.4 is 10.1 Å². The topological polar surface area (TPSA) is 75.6 Å². The highest BCUT2D eigenvalue weighted by molar-refractivity contribution is 6.31. The number of nitrogens with one attached hydrogen (secondary N) is 1. The SMILES string of the molecule is CCCCOc1ccc(Cl)cc1C(=O)NCCc1ccc(-c2ccc(CC(C)(C)C(=O)O)cc2)cc1. The van der Waals surface area contributed by atoms with Crippen molar-refractivity contribution in [3.8, 4) is 16.9 Å². The van der Waals surface area contributed by atoms with Crippen molar-refractivity contribution >= 4 is 23.5 Å². The quantitative estimate of drug-likeness (QED) is 0.264. The normalized spacial score (nSPS) is 11.2. The monoisotopic (exact) mass is 507 g/mol. The number of unbranched alkanes of at least 4 members (excludes halogenated alkanes) is 1. The summed E-state index contributed by atoms with van der Waals surface area (Å²) in [5.74, 6) is -0.453. The third-order valence-electron chi connectivity index (χ3n) is 6.11. The van der Waals surface area contributed by atoms with Gasteiger partial charge in [0.05, 0.1) is 17.6 Å². The van der Waals surface area contributed by atoms with Crippen molar-refractivity contribution in [1.82, 2.24) is 5.32 Å². The maximum Gasteiger partial charge on any atom is 0.309 e. The Labute approximate surface area is 218 Å². The maximum atomic E-state index is 12.7. The van der Waals surface area contributed by atoms with Crippen molar-refractivity contribution in [3.63, 3.8) is 0 Å². The van der Waals surface area contributed by atoms with Crippen LogP contribution in [0.5, 0.6) is 5.75 Å². The number of rotatable bonds is 12. The van der Waals surface area contributed by atoms with Crippen LogP contribution in [0, 0.1) is 5.41 Å². The number of carboxylic acid groups (broad SMARTS) is 1. The van der Waals surface area contributed by atoms with Gasteiger partial charge in [0.25, 0.3) is 5.91 Å². The number of benzene rings is 3. The first kappa shape index (κ1) is 27.3. The van der Waals surface area contributed by atoms with E-state index in [1.54, 1.807) is 32.0 Å². The summed E-state index contributed by atoms with van der Waals surface area (Å²) in [6.45, 7) is 6.62.